The summed E-state index contributed by atoms with van der Waals surface area (Å²) in [6, 6.07) is 0. The van der Waals surface area contributed by atoms with Gasteiger partial charge in [0.2, 0.25) is 0 Å². The Bertz CT molecular complexity index is 322. The molecule has 0 atom stereocenters. The molecule has 0 fully saturated rings. The van der Waals surface area contributed by atoms with Crippen molar-refractivity contribution in [3.63, 3.8) is 0 Å². The average molecular weight is 308 g/mol. The molecule has 0 aromatic carbocycles. The number of unbranched alkanes of at least 4 members (excludes halogenated alkanes) is 5. The van der Waals surface area contributed by atoms with Crippen molar-refractivity contribution >= 4 is 17.2 Å². The van der Waals surface area contributed by atoms with E-state index >= 15 is 0 Å². The fraction of sp³-hybridized carbons (Fsp3) is 1.00. The third-order valence-corrected chi connectivity index (χ3v) is 7.42. The van der Waals surface area contributed by atoms with Gasteiger partial charge in [0, 0.05) is 0 Å². The van der Waals surface area contributed by atoms with Gasteiger partial charge in [0.05, 0.1) is 0 Å². The maximum atomic E-state index is 10.7. The Morgan fingerprint density at radius 2 is 1.44 bits per heavy atom. The van der Waals surface area contributed by atoms with Crippen LogP contribution in [0.25, 0.3) is 0 Å². The van der Waals surface area contributed by atoms with E-state index in [2.05, 4.69) is 6.92 Å². The van der Waals surface area contributed by atoms with E-state index in [4.69, 9.17) is 3.97 Å². The van der Waals surface area contributed by atoms with Crippen LogP contribution in [0.3, 0.4) is 0 Å². The first-order valence-corrected chi connectivity index (χ1v) is 11.2. The van der Waals surface area contributed by atoms with Crippen LogP contribution in [0, 0.1) is 0 Å². The van der Waals surface area contributed by atoms with Crippen molar-refractivity contribution < 1.29 is 46.5 Å². The van der Waals surface area contributed by atoms with Gasteiger partial charge in [-0.15, -0.1) is 0 Å². The van der Waals surface area contributed by atoms with Crippen LogP contribution in [0.15, 0.2) is 0 Å². The van der Waals surface area contributed by atoms with Crippen molar-refractivity contribution in [2.24, 2.45) is 0 Å². The molecule has 0 saturated heterocycles. The molecule has 0 amide bonds. The summed E-state index contributed by atoms with van der Waals surface area (Å²) in [7, 11) is -4.58. The predicted molar refractivity (Wildman–Crippen MR) is 73.7 cm³/mol. The fourth-order valence-electron chi connectivity index (χ4n) is 1.81. The zero-order valence-electron chi connectivity index (χ0n) is 12.4. The van der Waals surface area contributed by atoms with Crippen molar-refractivity contribution in [3.8, 4) is 0 Å². The van der Waals surface area contributed by atoms with E-state index in [1.807, 2.05) is 0 Å². The minimum absolute atomic E-state index is 0. The molecule has 0 aromatic heterocycles. The topological polar surface area (TPSA) is 66.4 Å². The number of rotatable bonds is 9. The maximum Gasteiger partial charge on any atom is 1.00 e. The first kappa shape index (κ1) is 21.6. The molecule has 0 rings (SSSR count). The molecule has 18 heavy (non-hydrogen) atoms. The van der Waals surface area contributed by atoms with E-state index in [0.29, 0.717) is 6.16 Å². The number of hydrogen-bond donors (Lipinski definition) is 0. The van der Waals surface area contributed by atoms with Gasteiger partial charge in [0.25, 0.3) is 0 Å². The summed E-state index contributed by atoms with van der Waals surface area (Å²) in [6.07, 6.45) is 7.57. The fourth-order valence-corrected chi connectivity index (χ4v) is 6.11. The molecular weight excluding hydrogens is 282 g/mol. The molecule has 0 radical (unpaired) electrons. The zero-order valence-corrected chi connectivity index (χ0v) is 16.1. The maximum absolute atomic E-state index is 10.7. The summed E-state index contributed by atoms with van der Waals surface area (Å²) in [5, 5.41) is 0. The first-order valence-electron chi connectivity index (χ1n) is 6.21. The van der Waals surface area contributed by atoms with E-state index in [1.54, 1.807) is 20.0 Å². The second kappa shape index (κ2) is 8.56. The second-order valence-electron chi connectivity index (χ2n) is 5.94. The second-order valence-corrected chi connectivity index (χ2v) is 13.7. The van der Waals surface area contributed by atoms with Crippen LogP contribution in [0.5, 0.6) is 0 Å². The van der Waals surface area contributed by atoms with E-state index in [-0.39, 0.29) is 29.6 Å². The summed E-state index contributed by atoms with van der Waals surface area (Å²) in [4.78, 5) is 0. The van der Waals surface area contributed by atoms with Crippen molar-refractivity contribution in [3.05, 3.63) is 0 Å². The molecule has 0 saturated carbocycles. The molecule has 0 aliphatic heterocycles. The SMILES string of the molecule is CCCCCCCCP(C)(C)(C)OS(=O)(=O)[O-].[Na+]. The standard InChI is InChI=1S/C11H27O4PS.Na/c1-5-6-7-8-9-10-11-16(2,3,4)15-17(12,13)14;/h5-11H2,1-4H3,(H,12,13,14);/q;+1/p-1. The van der Waals surface area contributed by atoms with Crippen molar-refractivity contribution in [1.82, 2.24) is 0 Å². The van der Waals surface area contributed by atoms with Crippen LogP contribution < -0.4 is 29.6 Å². The zero-order chi connectivity index (χ0) is 13.6. The summed E-state index contributed by atoms with van der Waals surface area (Å²) in [6.45, 7) is 4.75. The summed E-state index contributed by atoms with van der Waals surface area (Å²) in [5.74, 6) is 0. The Hall–Kier alpha value is 1.30. The Morgan fingerprint density at radius 3 is 1.89 bits per heavy atom. The van der Waals surface area contributed by atoms with Crippen molar-refractivity contribution in [1.29, 1.82) is 0 Å². The monoisotopic (exact) mass is 308 g/mol. The van der Waals surface area contributed by atoms with Crippen LogP contribution in [-0.2, 0) is 14.4 Å². The van der Waals surface area contributed by atoms with Gasteiger partial charge in [-0.25, -0.2) is 0 Å². The van der Waals surface area contributed by atoms with Gasteiger partial charge in [-0.1, -0.05) is 0 Å². The van der Waals surface area contributed by atoms with E-state index < -0.39 is 17.2 Å². The van der Waals surface area contributed by atoms with Gasteiger partial charge in [0.15, 0.2) is 0 Å². The average Bonchev–Trinajstić information content (AvgIpc) is 2.05. The summed E-state index contributed by atoms with van der Waals surface area (Å²) in [5.41, 5.74) is 0. The molecule has 0 aliphatic rings. The van der Waals surface area contributed by atoms with Gasteiger partial charge >= 0.3 is 135 Å². The minimum Gasteiger partial charge on any atom is 1.00 e. The summed E-state index contributed by atoms with van der Waals surface area (Å²) < 4.78 is 36.8. The Labute approximate surface area is 135 Å². The Kier molecular flexibility index (Phi) is 10.3. The third kappa shape index (κ3) is 13.7. The molecule has 0 unspecified atom stereocenters. The van der Waals surface area contributed by atoms with Crippen LogP contribution in [0.1, 0.15) is 45.4 Å². The van der Waals surface area contributed by atoms with E-state index in [1.165, 1.54) is 25.7 Å². The first-order chi connectivity index (χ1) is 7.53. The Balaban J connectivity index is 0. The molecule has 0 aliphatic carbocycles. The van der Waals surface area contributed by atoms with Gasteiger partial charge < -0.3 is 0 Å². The molecule has 0 heterocycles. The smallest absolute Gasteiger partial charge is 1.00 e. The Morgan fingerprint density at radius 1 is 1.00 bits per heavy atom. The molecule has 4 nitrogen and oxygen atoms in total. The van der Waals surface area contributed by atoms with Crippen LogP contribution in [-0.4, -0.2) is 39.1 Å². The van der Waals surface area contributed by atoms with E-state index in [9.17, 15) is 13.0 Å². The number of hydrogen-bond acceptors (Lipinski definition) is 4. The molecule has 0 N–H and O–H groups in total. The van der Waals surface area contributed by atoms with Crippen molar-refractivity contribution in [2.75, 3.05) is 26.2 Å². The van der Waals surface area contributed by atoms with Crippen LogP contribution >= 0.6 is 6.83 Å². The molecule has 106 valence electrons. The quantitative estimate of drug-likeness (QED) is 0.200. The molecule has 0 aromatic rings. The molecule has 7 heteroatoms. The van der Waals surface area contributed by atoms with Crippen LogP contribution in [0.2, 0.25) is 0 Å². The minimum atomic E-state index is -4.58. The van der Waals surface area contributed by atoms with Gasteiger partial charge in [-0.2, -0.15) is 0 Å². The molecular formula is C11H26NaO4PS. The van der Waals surface area contributed by atoms with Crippen LogP contribution in [0.4, 0.5) is 0 Å². The van der Waals surface area contributed by atoms with Gasteiger partial charge in [-0.05, 0) is 0 Å². The molecule has 0 bridgehead atoms. The van der Waals surface area contributed by atoms with Gasteiger partial charge in [-0.3, -0.25) is 0 Å². The van der Waals surface area contributed by atoms with Gasteiger partial charge in [0.1, 0.15) is 0 Å². The molecule has 0 spiro atoms. The largest absolute Gasteiger partial charge is 1.00 e. The summed E-state index contributed by atoms with van der Waals surface area (Å²) >= 11 is 0. The van der Waals surface area contributed by atoms with E-state index in [0.717, 1.165) is 12.8 Å². The normalized spacial score (nSPS) is 14.6. The van der Waals surface area contributed by atoms with Crippen molar-refractivity contribution in [2.45, 2.75) is 45.4 Å². The third-order valence-electron chi connectivity index (χ3n) is 2.64. The predicted octanol–water partition coefficient (Wildman–Crippen LogP) is 0.185.